The van der Waals surface area contributed by atoms with Crippen molar-refractivity contribution in [2.45, 2.75) is 0 Å². The number of rotatable bonds is 3. The molecule has 0 amide bonds. The van der Waals surface area contributed by atoms with Gasteiger partial charge in [-0.1, -0.05) is 28.1 Å². The Hall–Kier alpha value is -2.45. The zero-order valence-electron chi connectivity index (χ0n) is 10.3. The molecule has 0 aliphatic rings. The minimum atomic E-state index is -0.464. The van der Waals surface area contributed by atoms with Crippen molar-refractivity contribution in [1.29, 1.82) is 5.26 Å². The average molecular weight is 329 g/mol. The largest absolute Gasteiger partial charge is 0.269 e. The summed E-state index contributed by atoms with van der Waals surface area (Å²) in [5, 5.41) is 19.8. The highest BCUT2D eigenvalue weighted by molar-refractivity contribution is 9.10. The van der Waals surface area contributed by atoms with Crippen molar-refractivity contribution in [3.8, 4) is 6.07 Å². The van der Waals surface area contributed by atoms with Crippen molar-refractivity contribution < 1.29 is 4.92 Å². The number of nitriles is 1. The van der Waals surface area contributed by atoms with Gasteiger partial charge in [-0.3, -0.25) is 10.1 Å². The third-order valence-electron chi connectivity index (χ3n) is 2.67. The molecule has 0 bridgehead atoms. The maximum atomic E-state index is 10.6. The van der Waals surface area contributed by atoms with Crippen LogP contribution < -0.4 is 0 Å². The Kier molecular flexibility index (Phi) is 4.28. The maximum absolute atomic E-state index is 10.6. The van der Waals surface area contributed by atoms with Gasteiger partial charge in [0.25, 0.3) is 5.69 Å². The molecular weight excluding hydrogens is 320 g/mol. The monoisotopic (exact) mass is 328 g/mol. The molecule has 4 nitrogen and oxygen atoms in total. The molecule has 0 unspecified atom stereocenters. The van der Waals surface area contributed by atoms with Gasteiger partial charge in [0, 0.05) is 16.6 Å². The van der Waals surface area contributed by atoms with Crippen LogP contribution in [0.3, 0.4) is 0 Å². The zero-order chi connectivity index (χ0) is 14.5. The van der Waals surface area contributed by atoms with E-state index < -0.39 is 4.92 Å². The molecule has 0 N–H and O–H groups in total. The fourth-order valence-corrected chi connectivity index (χ4v) is 2.12. The fraction of sp³-hybridized carbons (Fsp3) is 0. The average Bonchev–Trinajstić information content (AvgIpc) is 2.45. The fourth-order valence-electron chi connectivity index (χ4n) is 1.71. The number of nitro groups is 1. The third-order valence-corrected chi connectivity index (χ3v) is 3.16. The summed E-state index contributed by atoms with van der Waals surface area (Å²) >= 11 is 3.37. The van der Waals surface area contributed by atoms with Gasteiger partial charge in [-0.05, 0) is 41.5 Å². The van der Waals surface area contributed by atoms with E-state index in [0.29, 0.717) is 11.1 Å². The van der Waals surface area contributed by atoms with Crippen molar-refractivity contribution in [3.05, 3.63) is 74.2 Å². The van der Waals surface area contributed by atoms with E-state index in [0.717, 1.165) is 10.0 Å². The van der Waals surface area contributed by atoms with E-state index in [1.54, 1.807) is 18.2 Å². The number of nitro benzene ring substituents is 1. The van der Waals surface area contributed by atoms with Crippen LogP contribution in [0.1, 0.15) is 11.1 Å². The van der Waals surface area contributed by atoms with Crippen molar-refractivity contribution in [1.82, 2.24) is 0 Å². The van der Waals surface area contributed by atoms with Crippen molar-refractivity contribution >= 4 is 33.3 Å². The number of benzene rings is 2. The standard InChI is InChI=1S/C15H9BrN2O2/c16-14-3-1-2-11(9-14)8-13(10-17)12-4-6-15(7-5-12)18(19)20/h1-9H. The zero-order valence-corrected chi connectivity index (χ0v) is 11.9. The molecule has 20 heavy (non-hydrogen) atoms. The normalized spacial score (nSPS) is 10.9. The third kappa shape index (κ3) is 3.31. The van der Waals surface area contributed by atoms with Gasteiger partial charge in [0.2, 0.25) is 0 Å². The van der Waals surface area contributed by atoms with Gasteiger partial charge in [0.15, 0.2) is 0 Å². The Morgan fingerprint density at radius 2 is 1.95 bits per heavy atom. The van der Waals surface area contributed by atoms with E-state index in [2.05, 4.69) is 22.0 Å². The van der Waals surface area contributed by atoms with E-state index in [1.807, 2.05) is 24.3 Å². The Morgan fingerprint density at radius 3 is 2.50 bits per heavy atom. The van der Waals surface area contributed by atoms with Crippen LogP contribution in [-0.4, -0.2) is 4.92 Å². The lowest BCUT2D eigenvalue weighted by molar-refractivity contribution is -0.384. The second-order valence-electron chi connectivity index (χ2n) is 4.03. The predicted octanol–water partition coefficient (Wildman–Crippen LogP) is 4.42. The lowest BCUT2D eigenvalue weighted by Gasteiger charge is -2.00. The Balaban J connectivity index is 2.37. The lowest BCUT2D eigenvalue weighted by atomic mass is 10.0. The minimum absolute atomic E-state index is 0.00787. The molecule has 5 heteroatoms. The van der Waals surface area contributed by atoms with Gasteiger partial charge in [-0.25, -0.2) is 0 Å². The first kappa shape index (κ1) is 14.0. The molecule has 0 saturated heterocycles. The van der Waals surface area contributed by atoms with Crippen LogP contribution in [0.4, 0.5) is 5.69 Å². The van der Waals surface area contributed by atoms with Crippen LogP contribution in [0.15, 0.2) is 53.0 Å². The highest BCUT2D eigenvalue weighted by atomic mass is 79.9. The number of hydrogen-bond donors (Lipinski definition) is 0. The SMILES string of the molecule is N#CC(=Cc1cccc(Br)c1)c1ccc([N+](=O)[O-])cc1. The van der Waals surface area contributed by atoms with E-state index in [4.69, 9.17) is 0 Å². The highest BCUT2D eigenvalue weighted by Crippen LogP contribution is 2.22. The summed E-state index contributed by atoms with van der Waals surface area (Å²) in [7, 11) is 0. The number of nitrogens with zero attached hydrogens (tertiary/aromatic N) is 2. The van der Waals surface area contributed by atoms with Crippen molar-refractivity contribution in [2.24, 2.45) is 0 Å². The van der Waals surface area contributed by atoms with Gasteiger partial charge >= 0.3 is 0 Å². The molecule has 0 aromatic heterocycles. The van der Waals surface area contributed by atoms with E-state index in [9.17, 15) is 15.4 Å². The van der Waals surface area contributed by atoms with Crippen LogP contribution in [-0.2, 0) is 0 Å². The first-order valence-corrected chi connectivity index (χ1v) is 6.51. The summed E-state index contributed by atoms with van der Waals surface area (Å²) in [5.41, 5.74) is 2.00. The maximum Gasteiger partial charge on any atom is 0.269 e. The smallest absolute Gasteiger partial charge is 0.258 e. The second-order valence-corrected chi connectivity index (χ2v) is 4.94. The number of hydrogen-bond acceptors (Lipinski definition) is 3. The van der Waals surface area contributed by atoms with Crippen LogP contribution in [0, 0.1) is 21.4 Å². The molecule has 0 saturated carbocycles. The van der Waals surface area contributed by atoms with Crippen molar-refractivity contribution in [3.63, 3.8) is 0 Å². The first-order chi connectivity index (χ1) is 9.60. The summed E-state index contributed by atoms with van der Waals surface area (Å²) in [6, 6.07) is 15.6. The topological polar surface area (TPSA) is 66.9 Å². The molecule has 2 rings (SSSR count). The lowest BCUT2D eigenvalue weighted by Crippen LogP contribution is -1.88. The predicted molar refractivity (Wildman–Crippen MR) is 80.7 cm³/mol. The molecule has 0 aliphatic heterocycles. The van der Waals surface area contributed by atoms with Gasteiger partial charge < -0.3 is 0 Å². The summed E-state index contributed by atoms with van der Waals surface area (Å²) in [6.07, 6.45) is 1.74. The molecule has 0 atom stereocenters. The molecular formula is C15H9BrN2O2. The molecule has 0 spiro atoms. The molecule has 0 heterocycles. The summed E-state index contributed by atoms with van der Waals surface area (Å²) in [6.45, 7) is 0. The number of allylic oxidation sites excluding steroid dienone is 1. The molecule has 0 aliphatic carbocycles. The Morgan fingerprint density at radius 1 is 1.25 bits per heavy atom. The molecule has 2 aromatic rings. The minimum Gasteiger partial charge on any atom is -0.258 e. The van der Waals surface area contributed by atoms with Gasteiger partial charge in [0.1, 0.15) is 0 Å². The summed E-state index contributed by atoms with van der Waals surface area (Å²) in [4.78, 5) is 10.1. The van der Waals surface area contributed by atoms with Gasteiger partial charge in [-0.15, -0.1) is 0 Å². The van der Waals surface area contributed by atoms with Crippen LogP contribution in [0.2, 0.25) is 0 Å². The van der Waals surface area contributed by atoms with Crippen LogP contribution in [0.25, 0.3) is 11.6 Å². The van der Waals surface area contributed by atoms with E-state index in [1.165, 1.54) is 12.1 Å². The molecule has 0 radical (unpaired) electrons. The van der Waals surface area contributed by atoms with E-state index >= 15 is 0 Å². The highest BCUT2D eigenvalue weighted by Gasteiger charge is 2.06. The number of halogens is 1. The van der Waals surface area contributed by atoms with E-state index in [-0.39, 0.29) is 5.69 Å². The van der Waals surface area contributed by atoms with Crippen LogP contribution in [0.5, 0.6) is 0 Å². The molecule has 98 valence electrons. The summed E-state index contributed by atoms with van der Waals surface area (Å²) in [5.74, 6) is 0. The molecule has 2 aromatic carbocycles. The van der Waals surface area contributed by atoms with Gasteiger partial charge in [0.05, 0.1) is 16.6 Å². The quantitative estimate of drug-likeness (QED) is 0.362. The first-order valence-electron chi connectivity index (χ1n) is 5.72. The Bertz CT molecular complexity index is 715. The Labute approximate surface area is 124 Å². The van der Waals surface area contributed by atoms with Crippen LogP contribution >= 0.6 is 15.9 Å². The van der Waals surface area contributed by atoms with Gasteiger partial charge in [-0.2, -0.15) is 5.26 Å². The summed E-state index contributed by atoms with van der Waals surface area (Å²) < 4.78 is 0.923. The molecule has 0 fully saturated rings. The van der Waals surface area contributed by atoms with Crippen molar-refractivity contribution in [2.75, 3.05) is 0 Å². The second kappa shape index (κ2) is 6.13. The number of non-ortho nitro benzene ring substituents is 1.